The number of esters is 1. The zero-order valence-corrected chi connectivity index (χ0v) is 17.4. The maximum absolute atomic E-state index is 13.5. The molecule has 0 amide bonds. The van der Waals surface area contributed by atoms with E-state index in [1.807, 2.05) is 6.92 Å². The summed E-state index contributed by atoms with van der Waals surface area (Å²) in [6.07, 6.45) is 0.874. The van der Waals surface area contributed by atoms with Crippen molar-refractivity contribution < 1.29 is 29.6 Å². The van der Waals surface area contributed by atoms with E-state index in [-0.39, 0.29) is 29.6 Å². The molecule has 4 saturated carbocycles. The van der Waals surface area contributed by atoms with E-state index in [9.17, 15) is 24.9 Å². The number of fused-ring (bicyclic) bond motifs is 3. The van der Waals surface area contributed by atoms with Crippen LogP contribution < -0.4 is 0 Å². The first-order chi connectivity index (χ1) is 13.0. The summed E-state index contributed by atoms with van der Waals surface area (Å²) in [7, 11) is 0. The molecule has 0 aromatic carbocycles. The van der Waals surface area contributed by atoms with Crippen molar-refractivity contribution >= 4 is 11.8 Å². The Morgan fingerprint density at radius 2 is 1.89 bits per heavy atom. The summed E-state index contributed by atoms with van der Waals surface area (Å²) >= 11 is 0. The number of aliphatic hydroxyl groups excluding tert-OH is 3. The zero-order chi connectivity index (χ0) is 20.6. The van der Waals surface area contributed by atoms with E-state index in [0.29, 0.717) is 19.3 Å². The van der Waals surface area contributed by atoms with Gasteiger partial charge in [-0.3, -0.25) is 9.59 Å². The SMILES string of the molecule is CC(=O)O[C@H]1C[C@@H]2[C@@H](O)C3(C(=O)[C@@H]2C)C(O)C[C@@H]2C(C)(C)CCC[C@@]2(CO)[C@H]13. The van der Waals surface area contributed by atoms with Crippen LogP contribution in [0.15, 0.2) is 0 Å². The molecule has 4 rings (SSSR count). The molecule has 4 aliphatic rings. The van der Waals surface area contributed by atoms with Crippen molar-refractivity contribution in [3.05, 3.63) is 0 Å². The predicted octanol–water partition coefficient (Wildman–Crippen LogP) is 1.69. The van der Waals surface area contributed by atoms with Gasteiger partial charge in [0.15, 0.2) is 0 Å². The van der Waals surface area contributed by atoms with E-state index < -0.39 is 46.9 Å². The van der Waals surface area contributed by atoms with Gasteiger partial charge in [-0.2, -0.15) is 0 Å². The summed E-state index contributed by atoms with van der Waals surface area (Å²) in [5.41, 5.74) is -2.11. The largest absolute Gasteiger partial charge is 0.462 e. The van der Waals surface area contributed by atoms with Crippen molar-refractivity contribution in [3.8, 4) is 0 Å². The third-order valence-electron chi connectivity index (χ3n) is 9.11. The van der Waals surface area contributed by atoms with E-state index in [2.05, 4.69) is 13.8 Å². The van der Waals surface area contributed by atoms with Crippen molar-refractivity contribution in [3.63, 3.8) is 0 Å². The molecule has 158 valence electrons. The standard InChI is InChI=1S/C22H34O6/c1-11-13-8-14(28-12(2)24)17-21(10-23)7-5-6-20(3,4)15(21)9-16(25)22(17,18(11)26)19(13)27/h11,13-17,19,23,25,27H,5-10H2,1-4H3/t11-,13+,14+,15-,16?,17+,19-,21+,22?/m1/s1. The molecule has 1 spiro atoms. The van der Waals surface area contributed by atoms with Gasteiger partial charge in [-0.1, -0.05) is 27.2 Å². The van der Waals surface area contributed by atoms with Gasteiger partial charge < -0.3 is 20.1 Å². The van der Waals surface area contributed by atoms with Crippen LogP contribution in [0.5, 0.6) is 0 Å². The quantitative estimate of drug-likeness (QED) is 0.616. The fourth-order valence-corrected chi connectivity index (χ4v) is 8.12. The smallest absolute Gasteiger partial charge is 0.302 e. The first kappa shape index (κ1) is 20.3. The van der Waals surface area contributed by atoms with Gasteiger partial charge in [0.1, 0.15) is 11.9 Å². The van der Waals surface area contributed by atoms with E-state index in [1.165, 1.54) is 6.92 Å². The molecule has 6 heteroatoms. The first-order valence-electron chi connectivity index (χ1n) is 10.7. The second-order valence-corrected chi connectivity index (χ2v) is 10.6. The molecule has 2 bridgehead atoms. The number of hydrogen-bond donors (Lipinski definition) is 3. The lowest BCUT2D eigenvalue weighted by Crippen LogP contribution is -2.72. The maximum atomic E-state index is 13.5. The minimum Gasteiger partial charge on any atom is -0.462 e. The number of carbonyl (C=O) groups excluding carboxylic acids is 2. The summed E-state index contributed by atoms with van der Waals surface area (Å²) in [6, 6.07) is 0. The van der Waals surface area contributed by atoms with Gasteiger partial charge in [-0.15, -0.1) is 0 Å². The van der Waals surface area contributed by atoms with Crippen LogP contribution in [-0.4, -0.2) is 52.0 Å². The summed E-state index contributed by atoms with van der Waals surface area (Å²) in [4.78, 5) is 25.5. The minimum absolute atomic E-state index is 0.00473. The molecule has 4 fully saturated rings. The molecule has 0 aromatic rings. The molecule has 0 saturated heterocycles. The number of Topliss-reactive ketones (excluding diaryl/α,β-unsaturated/α-hetero) is 1. The van der Waals surface area contributed by atoms with Crippen LogP contribution in [0.25, 0.3) is 0 Å². The summed E-state index contributed by atoms with van der Waals surface area (Å²) < 4.78 is 5.75. The van der Waals surface area contributed by atoms with Gasteiger partial charge in [-0.25, -0.2) is 0 Å². The Balaban J connectivity index is 1.94. The molecule has 0 radical (unpaired) electrons. The van der Waals surface area contributed by atoms with Gasteiger partial charge in [0.05, 0.1) is 17.6 Å². The normalized spacial score (nSPS) is 52.0. The molecule has 0 aliphatic heterocycles. The number of hydrogen-bond acceptors (Lipinski definition) is 6. The van der Waals surface area contributed by atoms with Gasteiger partial charge >= 0.3 is 5.97 Å². The fraction of sp³-hybridized carbons (Fsp3) is 0.909. The van der Waals surface area contributed by atoms with Crippen LogP contribution in [0.1, 0.15) is 59.8 Å². The predicted molar refractivity (Wildman–Crippen MR) is 101 cm³/mol. The Labute approximate surface area is 166 Å². The molecule has 3 N–H and O–H groups in total. The van der Waals surface area contributed by atoms with Crippen LogP contribution >= 0.6 is 0 Å². The topological polar surface area (TPSA) is 104 Å². The van der Waals surface area contributed by atoms with Gasteiger partial charge in [0.25, 0.3) is 0 Å². The average molecular weight is 395 g/mol. The van der Waals surface area contributed by atoms with Gasteiger partial charge in [0.2, 0.25) is 0 Å². The van der Waals surface area contributed by atoms with Crippen LogP contribution in [0.3, 0.4) is 0 Å². The molecule has 6 nitrogen and oxygen atoms in total. The number of carbonyl (C=O) groups is 2. The third kappa shape index (κ3) is 2.25. The van der Waals surface area contributed by atoms with Crippen molar-refractivity contribution in [2.75, 3.05) is 6.61 Å². The monoisotopic (exact) mass is 394 g/mol. The van der Waals surface area contributed by atoms with Crippen molar-refractivity contribution in [2.24, 2.45) is 39.9 Å². The lowest BCUT2D eigenvalue weighted by Gasteiger charge is -2.66. The molecule has 9 atom stereocenters. The highest BCUT2D eigenvalue weighted by Crippen LogP contribution is 2.71. The molecular formula is C22H34O6. The second kappa shape index (κ2) is 6.26. The van der Waals surface area contributed by atoms with E-state index in [1.54, 1.807) is 0 Å². The summed E-state index contributed by atoms with van der Waals surface area (Å²) in [5, 5.41) is 33.4. The van der Waals surface area contributed by atoms with Crippen LogP contribution in [-0.2, 0) is 14.3 Å². The molecule has 28 heavy (non-hydrogen) atoms. The Morgan fingerprint density at radius 1 is 1.21 bits per heavy atom. The fourth-order valence-electron chi connectivity index (χ4n) is 8.12. The van der Waals surface area contributed by atoms with Crippen LogP contribution in [0, 0.1) is 39.9 Å². The Kier molecular flexibility index (Phi) is 4.54. The summed E-state index contributed by atoms with van der Waals surface area (Å²) in [5.74, 6) is -1.83. The van der Waals surface area contributed by atoms with Gasteiger partial charge in [0, 0.05) is 30.8 Å². The molecule has 2 unspecified atom stereocenters. The highest BCUT2D eigenvalue weighted by molar-refractivity contribution is 5.92. The highest BCUT2D eigenvalue weighted by atomic mass is 16.5. The van der Waals surface area contributed by atoms with Crippen LogP contribution in [0.2, 0.25) is 0 Å². The lowest BCUT2D eigenvalue weighted by molar-refractivity contribution is -0.266. The Morgan fingerprint density at radius 3 is 2.50 bits per heavy atom. The van der Waals surface area contributed by atoms with Gasteiger partial charge in [-0.05, 0) is 42.9 Å². The lowest BCUT2D eigenvalue weighted by atomic mass is 9.39. The molecule has 4 aliphatic carbocycles. The van der Waals surface area contributed by atoms with Crippen molar-refractivity contribution in [1.29, 1.82) is 0 Å². The molecule has 0 heterocycles. The second-order valence-electron chi connectivity index (χ2n) is 10.6. The maximum Gasteiger partial charge on any atom is 0.302 e. The highest BCUT2D eigenvalue weighted by Gasteiger charge is 2.77. The number of ether oxygens (including phenoxy) is 1. The van der Waals surface area contributed by atoms with E-state index >= 15 is 0 Å². The third-order valence-corrected chi connectivity index (χ3v) is 9.11. The van der Waals surface area contributed by atoms with E-state index in [0.717, 1.165) is 12.8 Å². The minimum atomic E-state index is -1.35. The summed E-state index contributed by atoms with van der Waals surface area (Å²) in [6.45, 7) is 7.37. The molecule has 0 aromatic heterocycles. The molecular weight excluding hydrogens is 360 g/mol. The van der Waals surface area contributed by atoms with Crippen LogP contribution in [0.4, 0.5) is 0 Å². The zero-order valence-electron chi connectivity index (χ0n) is 17.4. The van der Waals surface area contributed by atoms with Crippen molar-refractivity contribution in [1.82, 2.24) is 0 Å². The number of ketones is 1. The average Bonchev–Trinajstić information content (AvgIpc) is 2.73. The van der Waals surface area contributed by atoms with Crippen molar-refractivity contribution in [2.45, 2.75) is 78.1 Å². The number of aliphatic hydroxyl groups is 3. The Hall–Kier alpha value is -0.980. The number of rotatable bonds is 2. The first-order valence-corrected chi connectivity index (χ1v) is 10.7. The van der Waals surface area contributed by atoms with E-state index in [4.69, 9.17) is 4.74 Å². The Bertz CT molecular complexity index is 689.